The van der Waals surface area contributed by atoms with Gasteiger partial charge in [0.25, 0.3) is 0 Å². The van der Waals surface area contributed by atoms with Crippen LogP contribution in [0.1, 0.15) is 47.1 Å². The van der Waals surface area contributed by atoms with Gasteiger partial charge in [-0.25, -0.2) is 18.9 Å². The van der Waals surface area contributed by atoms with Crippen molar-refractivity contribution < 1.29 is 28.2 Å². The molecule has 0 spiro atoms. The number of guanidine groups is 1. The molecule has 1 aromatic rings. The first-order chi connectivity index (χ1) is 13.3. The predicted octanol–water partition coefficient (Wildman–Crippen LogP) is 4.23. The molecule has 0 saturated carbocycles. The van der Waals surface area contributed by atoms with Gasteiger partial charge in [-0.05, 0) is 59.2 Å². The molecular formula is C20H30FN3O5. The van der Waals surface area contributed by atoms with Gasteiger partial charge in [0.2, 0.25) is 5.96 Å². The molecule has 8 nitrogen and oxygen atoms in total. The molecule has 0 aliphatic rings. The monoisotopic (exact) mass is 411 g/mol. The van der Waals surface area contributed by atoms with Gasteiger partial charge in [0.05, 0.1) is 6.54 Å². The number of alkyl carbamates (subject to hydrolysis) is 1. The lowest BCUT2D eigenvalue weighted by Crippen LogP contribution is -2.49. The molecule has 29 heavy (non-hydrogen) atoms. The molecule has 1 rings (SSSR count). The summed E-state index contributed by atoms with van der Waals surface area (Å²) in [5, 5.41) is 10.4. The summed E-state index contributed by atoms with van der Waals surface area (Å²) in [6.45, 7) is 9.35. The average molecular weight is 411 g/mol. The van der Waals surface area contributed by atoms with Crippen molar-refractivity contribution >= 4 is 18.1 Å². The van der Waals surface area contributed by atoms with E-state index in [1.807, 2.05) is 0 Å². The number of benzene rings is 1. The zero-order chi connectivity index (χ0) is 22.2. The van der Waals surface area contributed by atoms with E-state index in [1.54, 1.807) is 65.8 Å². The van der Waals surface area contributed by atoms with Crippen LogP contribution in [0, 0.1) is 5.41 Å². The van der Waals surface area contributed by atoms with Gasteiger partial charge in [-0.15, -0.1) is 0 Å². The van der Waals surface area contributed by atoms with Gasteiger partial charge in [0.15, 0.2) is 0 Å². The van der Waals surface area contributed by atoms with Crippen molar-refractivity contribution in [3.8, 4) is 5.75 Å². The molecule has 0 fully saturated rings. The molecule has 0 aliphatic carbocycles. The Labute approximate surface area is 170 Å². The number of hydrogen-bond acceptors (Lipinski definition) is 6. The van der Waals surface area contributed by atoms with E-state index in [4.69, 9.17) is 19.6 Å². The van der Waals surface area contributed by atoms with Gasteiger partial charge < -0.3 is 14.2 Å². The number of carbonyl (C=O) groups is 2. The van der Waals surface area contributed by atoms with Crippen molar-refractivity contribution in [3.05, 3.63) is 29.8 Å². The third-order valence-corrected chi connectivity index (χ3v) is 3.09. The molecule has 0 aliphatic heterocycles. The van der Waals surface area contributed by atoms with Crippen LogP contribution in [0.4, 0.5) is 14.0 Å². The third kappa shape index (κ3) is 9.77. The SMILES string of the molecule is CC(C)(C)OC(=O)NC(=N)N(Cc1cccc(OCCF)c1)C(=O)OC(C)(C)C. The smallest absolute Gasteiger partial charge is 0.417 e. The zero-order valence-corrected chi connectivity index (χ0v) is 17.8. The highest BCUT2D eigenvalue weighted by Crippen LogP contribution is 2.17. The van der Waals surface area contributed by atoms with E-state index in [2.05, 4.69) is 5.32 Å². The van der Waals surface area contributed by atoms with Crippen LogP contribution in [0.15, 0.2) is 24.3 Å². The van der Waals surface area contributed by atoms with Gasteiger partial charge in [-0.3, -0.25) is 10.7 Å². The van der Waals surface area contributed by atoms with E-state index in [1.165, 1.54) is 0 Å². The van der Waals surface area contributed by atoms with Gasteiger partial charge >= 0.3 is 12.2 Å². The van der Waals surface area contributed by atoms with Crippen molar-refractivity contribution in [2.75, 3.05) is 13.3 Å². The molecule has 0 atom stereocenters. The summed E-state index contributed by atoms with van der Waals surface area (Å²) < 4.78 is 28.0. The Bertz CT molecular complexity index is 726. The van der Waals surface area contributed by atoms with E-state index < -0.39 is 36.0 Å². The quantitative estimate of drug-likeness (QED) is 0.558. The molecule has 0 aromatic heterocycles. The number of nitrogens with zero attached hydrogens (tertiary/aromatic N) is 1. The summed E-state index contributed by atoms with van der Waals surface area (Å²) in [6.07, 6.45) is -1.68. The predicted molar refractivity (Wildman–Crippen MR) is 107 cm³/mol. The average Bonchev–Trinajstić information content (AvgIpc) is 2.54. The summed E-state index contributed by atoms with van der Waals surface area (Å²) in [4.78, 5) is 25.6. The molecule has 1 aromatic carbocycles. The second-order valence-corrected chi connectivity index (χ2v) is 8.23. The van der Waals surface area contributed by atoms with E-state index >= 15 is 0 Å². The topological polar surface area (TPSA) is 101 Å². The van der Waals surface area contributed by atoms with Crippen LogP contribution in [0.3, 0.4) is 0 Å². The minimum Gasteiger partial charge on any atom is -0.491 e. The first-order valence-corrected chi connectivity index (χ1v) is 9.17. The molecule has 0 unspecified atom stereocenters. The maximum atomic E-state index is 12.6. The van der Waals surface area contributed by atoms with Crippen LogP contribution >= 0.6 is 0 Å². The normalized spacial score (nSPS) is 11.4. The Morgan fingerprint density at radius 2 is 1.72 bits per heavy atom. The van der Waals surface area contributed by atoms with Crippen LogP contribution in [0.25, 0.3) is 0 Å². The number of carbonyl (C=O) groups excluding carboxylic acids is 2. The lowest BCUT2D eigenvalue weighted by molar-refractivity contribution is 0.0346. The molecule has 2 amide bonds. The first kappa shape index (κ1) is 24.2. The summed E-state index contributed by atoms with van der Waals surface area (Å²) >= 11 is 0. The van der Waals surface area contributed by atoms with E-state index in [0.717, 1.165) is 4.90 Å². The standard InChI is InChI=1S/C20H30FN3O5/c1-19(2,3)28-17(25)23-16(22)24(18(26)29-20(4,5)6)13-14-8-7-9-15(12-14)27-11-10-21/h7-9,12H,10-11,13H2,1-6H3,(H2,22,23,25). The number of nitrogens with one attached hydrogen (secondary N) is 2. The summed E-state index contributed by atoms with van der Waals surface area (Å²) in [7, 11) is 0. The number of hydrogen-bond donors (Lipinski definition) is 2. The molecule has 9 heteroatoms. The van der Waals surface area contributed by atoms with E-state index in [-0.39, 0.29) is 13.2 Å². The molecule has 0 saturated heterocycles. The van der Waals surface area contributed by atoms with Crippen molar-refractivity contribution in [3.63, 3.8) is 0 Å². The minimum atomic E-state index is -0.865. The van der Waals surface area contributed by atoms with Crippen LogP contribution in [-0.2, 0) is 16.0 Å². The number of amides is 2. The second kappa shape index (κ2) is 10.1. The second-order valence-electron chi connectivity index (χ2n) is 8.23. The molecular weight excluding hydrogens is 381 g/mol. The zero-order valence-electron chi connectivity index (χ0n) is 17.8. The van der Waals surface area contributed by atoms with Gasteiger partial charge in [0, 0.05) is 0 Å². The summed E-state index contributed by atoms with van der Waals surface area (Å²) in [6, 6.07) is 6.66. The fourth-order valence-electron chi connectivity index (χ4n) is 2.09. The van der Waals surface area contributed by atoms with Crippen LogP contribution in [0.5, 0.6) is 5.75 Å². The fourth-order valence-corrected chi connectivity index (χ4v) is 2.09. The maximum absolute atomic E-state index is 12.6. The third-order valence-electron chi connectivity index (χ3n) is 3.09. The largest absolute Gasteiger partial charge is 0.491 e. The Kier molecular flexibility index (Phi) is 8.42. The van der Waals surface area contributed by atoms with Crippen LogP contribution in [0.2, 0.25) is 0 Å². The van der Waals surface area contributed by atoms with Crippen molar-refractivity contribution in [1.82, 2.24) is 10.2 Å². The molecule has 0 heterocycles. The fraction of sp³-hybridized carbons (Fsp3) is 0.550. The highest BCUT2D eigenvalue weighted by Gasteiger charge is 2.28. The van der Waals surface area contributed by atoms with E-state index in [0.29, 0.717) is 11.3 Å². The van der Waals surface area contributed by atoms with Crippen LogP contribution in [-0.4, -0.2) is 47.5 Å². The van der Waals surface area contributed by atoms with Gasteiger partial charge in [0.1, 0.15) is 30.2 Å². The molecule has 0 bridgehead atoms. The lowest BCUT2D eigenvalue weighted by atomic mass is 10.2. The Balaban J connectivity index is 3.01. The molecule has 2 N–H and O–H groups in total. The van der Waals surface area contributed by atoms with Crippen molar-refractivity contribution in [2.24, 2.45) is 0 Å². The van der Waals surface area contributed by atoms with Gasteiger partial charge in [-0.2, -0.15) is 0 Å². The molecule has 0 radical (unpaired) electrons. The summed E-state index contributed by atoms with van der Waals surface area (Å²) in [5.41, 5.74) is -0.959. The lowest BCUT2D eigenvalue weighted by Gasteiger charge is -2.28. The highest BCUT2D eigenvalue weighted by molar-refractivity contribution is 5.99. The summed E-state index contributed by atoms with van der Waals surface area (Å²) in [5.74, 6) is -0.0699. The number of rotatable bonds is 5. The highest BCUT2D eigenvalue weighted by atomic mass is 19.1. The number of alkyl halides is 1. The Morgan fingerprint density at radius 1 is 1.10 bits per heavy atom. The maximum Gasteiger partial charge on any atom is 0.417 e. The molecule has 162 valence electrons. The van der Waals surface area contributed by atoms with Crippen LogP contribution < -0.4 is 10.1 Å². The Hall–Kier alpha value is -2.84. The van der Waals surface area contributed by atoms with E-state index in [9.17, 15) is 14.0 Å². The number of ether oxygens (including phenoxy) is 3. The van der Waals surface area contributed by atoms with Gasteiger partial charge in [-0.1, -0.05) is 12.1 Å². The first-order valence-electron chi connectivity index (χ1n) is 9.17. The minimum absolute atomic E-state index is 0.0730. The Morgan fingerprint density at radius 3 is 2.28 bits per heavy atom. The number of halogens is 1. The van der Waals surface area contributed by atoms with Crippen molar-refractivity contribution in [2.45, 2.75) is 59.3 Å². The van der Waals surface area contributed by atoms with Crippen molar-refractivity contribution in [1.29, 1.82) is 5.41 Å².